The molecule has 16 heavy (non-hydrogen) atoms. The fourth-order valence-corrected chi connectivity index (χ4v) is 2.21. The summed E-state index contributed by atoms with van der Waals surface area (Å²) in [5.41, 5.74) is 0.185. The summed E-state index contributed by atoms with van der Waals surface area (Å²) >= 11 is 0. The van der Waals surface area contributed by atoms with Crippen molar-refractivity contribution in [2.45, 2.75) is 64.9 Å². The Hall–Kier alpha value is -0.560. The topological polar surface area (TPSA) is 20.2 Å². The van der Waals surface area contributed by atoms with Crippen molar-refractivity contribution < 1.29 is 5.11 Å². The molecule has 0 aromatic heterocycles. The number of allylic oxidation sites excluding steroid dienone is 2. The van der Waals surface area contributed by atoms with E-state index in [2.05, 4.69) is 26.0 Å². The van der Waals surface area contributed by atoms with Gasteiger partial charge >= 0.3 is 0 Å². The van der Waals surface area contributed by atoms with E-state index in [1.165, 1.54) is 44.9 Å². The summed E-state index contributed by atoms with van der Waals surface area (Å²) < 4.78 is 0. The van der Waals surface area contributed by atoms with Crippen molar-refractivity contribution in [1.82, 2.24) is 0 Å². The Bertz CT molecular complexity index is 226. The van der Waals surface area contributed by atoms with Crippen LogP contribution in [0.3, 0.4) is 0 Å². The van der Waals surface area contributed by atoms with Crippen LogP contribution in [0.25, 0.3) is 0 Å². The Morgan fingerprint density at radius 1 is 1.00 bits per heavy atom. The summed E-state index contributed by atoms with van der Waals surface area (Å²) in [5, 5.41) is 9.34. The molecule has 0 aromatic rings. The van der Waals surface area contributed by atoms with Crippen molar-refractivity contribution in [2.75, 3.05) is 0 Å². The van der Waals surface area contributed by atoms with Gasteiger partial charge in [-0.1, -0.05) is 76.7 Å². The smallest absolute Gasteiger partial charge is 0.0903 e. The molecule has 0 saturated carbocycles. The summed E-state index contributed by atoms with van der Waals surface area (Å²) in [6.07, 6.45) is 17.1. The molecule has 1 rings (SSSR count). The third-order valence-electron chi connectivity index (χ3n) is 3.42. The molecule has 1 aliphatic rings. The quantitative estimate of drug-likeness (QED) is 0.505. The minimum Gasteiger partial charge on any atom is -0.385 e. The lowest BCUT2D eigenvalue weighted by Gasteiger charge is -2.25. The second-order valence-corrected chi connectivity index (χ2v) is 5.23. The highest BCUT2D eigenvalue weighted by Gasteiger charge is 2.19. The predicted octanol–water partition coefficient (Wildman–Crippen LogP) is 4.23. The zero-order chi connectivity index (χ0) is 11.9. The van der Waals surface area contributed by atoms with E-state index in [1.807, 2.05) is 12.2 Å². The van der Waals surface area contributed by atoms with E-state index in [1.54, 1.807) is 0 Å². The second kappa shape index (κ2) is 6.90. The van der Waals surface area contributed by atoms with E-state index in [0.717, 1.165) is 0 Å². The van der Waals surface area contributed by atoms with E-state index >= 15 is 0 Å². The number of aliphatic hydroxyl groups excluding tert-OH is 1. The molecule has 1 heteroatoms. The molecule has 0 heterocycles. The van der Waals surface area contributed by atoms with Crippen LogP contribution in [0, 0.1) is 5.41 Å². The predicted molar refractivity (Wildman–Crippen MR) is 70.4 cm³/mol. The van der Waals surface area contributed by atoms with Gasteiger partial charge in [-0.15, -0.1) is 0 Å². The van der Waals surface area contributed by atoms with Gasteiger partial charge in [-0.2, -0.15) is 0 Å². The summed E-state index contributed by atoms with van der Waals surface area (Å²) in [7, 11) is 0. The molecule has 0 saturated heterocycles. The first-order valence-corrected chi connectivity index (χ1v) is 6.73. The van der Waals surface area contributed by atoms with Crippen LogP contribution >= 0.6 is 0 Å². The normalized spacial score (nSPS) is 28.6. The van der Waals surface area contributed by atoms with E-state index in [9.17, 15) is 5.11 Å². The van der Waals surface area contributed by atoms with Crippen LogP contribution in [0.2, 0.25) is 0 Å². The van der Waals surface area contributed by atoms with Gasteiger partial charge in [-0.25, -0.2) is 0 Å². The summed E-state index contributed by atoms with van der Waals surface area (Å²) in [4.78, 5) is 0. The Morgan fingerprint density at radius 2 is 1.56 bits per heavy atom. The molecule has 0 unspecified atom stereocenters. The maximum absolute atomic E-state index is 9.34. The van der Waals surface area contributed by atoms with E-state index in [0.29, 0.717) is 0 Å². The van der Waals surface area contributed by atoms with Crippen LogP contribution in [-0.2, 0) is 0 Å². The van der Waals surface area contributed by atoms with Gasteiger partial charge in [0.2, 0.25) is 0 Å². The Labute approximate surface area is 100 Å². The highest BCUT2D eigenvalue weighted by Crippen LogP contribution is 2.31. The van der Waals surface area contributed by atoms with Crippen LogP contribution in [-0.4, -0.2) is 11.2 Å². The van der Waals surface area contributed by atoms with Crippen molar-refractivity contribution in [3.05, 3.63) is 24.3 Å². The average molecular weight is 222 g/mol. The summed E-state index contributed by atoms with van der Waals surface area (Å²) in [5.74, 6) is 0. The Kier molecular flexibility index (Phi) is 5.83. The van der Waals surface area contributed by atoms with Crippen LogP contribution < -0.4 is 0 Å². The number of hydrogen-bond acceptors (Lipinski definition) is 1. The van der Waals surface area contributed by atoms with Gasteiger partial charge in [0.1, 0.15) is 0 Å². The van der Waals surface area contributed by atoms with E-state index < -0.39 is 0 Å². The third-order valence-corrected chi connectivity index (χ3v) is 3.42. The molecule has 0 aromatic carbocycles. The first kappa shape index (κ1) is 13.5. The first-order chi connectivity index (χ1) is 7.66. The monoisotopic (exact) mass is 222 g/mol. The van der Waals surface area contributed by atoms with Crippen molar-refractivity contribution in [2.24, 2.45) is 5.41 Å². The number of aliphatic hydroxyl groups is 1. The fraction of sp³-hybridized carbons (Fsp3) is 0.733. The van der Waals surface area contributed by atoms with Gasteiger partial charge in [0.25, 0.3) is 0 Å². The highest BCUT2D eigenvalue weighted by molar-refractivity contribution is 5.19. The lowest BCUT2D eigenvalue weighted by Crippen LogP contribution is -2.15. The maximum Gasteiger partial charge on any atom is 0.0903 e. The highest BCUT2D eigenvalue weighted by atomic mass is 16.3. The van der Waals surface area contributed by atoms with Crippen molar-refractivity contribution in [3.63, 3.8) is 0 Å². The van der Waals surface area contributed by atoms with Crippen molar-refractivity contribution in [3.8, 4) is 0 Å². The summed E-state index contributed by atoms with van der Waals surface area (Å²) in [6.45, 7) is 4.50. The molecule has 0 fully saturated rings. The molecule has 0 bridgehead atoms. The molecule has 0 spiro atoms. The van der Waals surface area contributed by atoms with Crippen molar-refractivity contribution in [1.29, 1.82) is 0 Å². The van der Waals surface area contributed by atoms with Gasteiger partial charge in [0, 0.05) is 5.41 Å². The fourth-order valence-electron chi connectivity index (χ4n) is 2.21. The van der Waals surface area contributed by atoms with Gasteiger partial charge in [-0.05, 0) is 6.42 Å². The second-order valence-electron chi connectivity index (χ2n) is 5.23. The van der Waals surface area contributed by atoms with Crippen LogP contribution in [0.15, 0.2) is 24.3 Å². The van der Waals surface area contributed by atoms with Crippen LogP contribution in [0.5, 0.6) is 0 Å². The minimum absolute atomic E-state index is 0.185. The van der Waals surface area contributed by atoms with E-state index in [-0.39, 0.29) is 11.5 Å². The average Bonchev–Trinajstić information content (AvgIpc) is 2.28. The number of rotatable bonds is 7. The summed E-state index contributed by atoms with van der Waals surface area (Å²) in [6, 6.07) is 0. The van der Waals surface area contributed by atoms with Gasteiger partial charge in [0.05, 0.1) is 6.10 Å². The van der Waals surface area contributed by atoms with Gasteiger partial charge in [0.15, 0.2) is 0 Å². The molecule has 0 radical (unpaired) electrons. The third kappa shape index (κ3) is 4.98. The van der Waals surface area contributed by atoms with E-state index in [4.69, 9.17) is 0 Å². The molecule has 0 amide bonds. The van der Waals surface area contributed by atoms with Crippen molar-refractivity contribution >= 4 is 0 Å². The SMILES string of the molecule is CCCCCCCCC1(C)C=CC(O)C=C1. The zero-order valence-electron chi connectivity index (χ0n) is 10.8. The molecule has 92 valence electrons. The number of hydrogen-bond donors (Lipinski definition) is 1. The Balaban J connectivity index is 2.13. The first-order valence-electron chi connectivity index (χ1n) is 6.73. The minimum atomic E-state index is -0.363. The molecule has 1 N–H and O–H groups in total. The molecule has 0 atom stereocenters. The maximum atomic E-state index is 9.34. The molecular weight excluding hydrogens is 196 g/mol. The van der Waals surface area contributed by atoms with Crippen LogP contribution in [0.1, 0.15) is 58.8 Å². The molecule has 0 aliphatic heterocycles. The van der Waals surface area contributed by atoms with Gasteiger partial charge in [-0.3, -0.25) is 0 Å². The largest absolute Gasteiger partial charge is 0.385 e. The Morgan fingerprint density at radius 3 is 2.19 bits per heavy atom. The molecule has 1 nitrogen and oxygen atoms in total. The number of unbranched alkanes of at least 4 members (excludes halogenated alkanes) is 5. The molecular formula is C15H26O. The van der Waals surface area contributed by atoms with Gasteiger partial charge < -0.3 is 5.11 Å². The lowest BCUT2D eigenvalue weighted by atomic mass is 9.81. The zero-order valence-corrected chi connectivity index (χ0v) is 10.8. The molecule has 1 aliphatic carbocycles. The standard InChI is InChI=1S/C15H26O/c1-3-4-5-6-7-8-11-15(2)12-9-14(16)10-13-15/h9-10,12-14,16H,3-8,11H2,1-2H3. The lowest BCUT2D eigenvalue weighted by molar-refractivity contribution is 0.263. The van der Waals surface area contributed by atoms with Crippen LogP contribution in [0.4, 0.5) is 0 Å².